The minimum absolute atomic E-state index is 0.187. The number of carbonyl (C=O) groups is 2. The Balaban J connectivity index is 1.73. The highest BCUT2D eigenvalue weighted by Crippen LogP contribution is 2.40. The fourth-order valence-electron chi connectivity index (χ4n) is 3.10. The summed E-state index contributed by atoms with van der Waals surface area (Å²) in [4.78, 5) is 26.9. The molecule has 1 N–H and O–H groups in total. The molecule has 27 heavy (non-hydrogen) atoms. The first-order valence-electron chi connectivity index (χ1n) is 8.97. The molecule has 1 aromatic carbocycles. The number of anilines is 1. The van der Waals surface area contributed by atoms with Gasteiger partial charge in [0.1, 0.15) is 10.8 Å². The van der Waals surface area contributed by atoms with Crippen molar-refractivity contribution in [2.75, 3.05) is 17.7 Å². The Morgan fingerprint density at radius 3 is 2.78 bits per heavy atom. The van der Waals surface area contributed by atoms with Gasteiger partial charge in [-0.25, -0.2) is 9.18 Å². The lowest BCUT2D eigenvalue weighted by Gasteiger charge is -2.18. The Bertz CT molecular complexity index is 832. The van der Waals surface area contributed by atoms with Crippen molar-refractivity contribution in [2.24, 2.45) is 5.92 Å². The number of hydrogen-bond donors (Lipinski definition) is 1. The summed E-state index contributed by atoms with van der Waals surface area (Å²) in [5, 5.41) is 3.47. The summed E-state index contributed by atoms with van der Waals surface area (Å²) in [5.74, 6) is -0.107. The topological polar surface area (TPSA) is 55.4 Å². The fourth-order valence-corrected chi connectivity index (χ4v) is 5.21. The van der Waals surface area contributed by atoms with E-state index in [9.17, 15) is 14.0 Å². The number of thioether (sulfide) groups is 1. The van der Waals surface area contributed by atoms with E-state index in [2.05, 4.69) is 12.2 Å². The van der Waals surface area contributed by atoms with Crippen LogP contribution in [0.4, 0.5) is 9.39 Å². The van der Waals surface area contributed by atoms with Crippen molar-refractivity contribution in [2.45, 2.75) is 38.0 Å². The number of ether oxygens (including phenoxy) is 1. The molecule has 1 aliphatic carbocycles. The molecule has 0 radical (unpaired) electrons. The summed E-state index contributed by atoms with van der Waals surface area (Å²) in [6.07, 6.45) is 2.79. The molecule has 3 rings (SSSR count). The number of esters is 1. The molecule has 0 spiro atoms. The van der Waals surface area contributed by atoms with E-state index in [1.165, 1.54) is 40.1 Å². The average molecular weight is 408 g/mol. The van der Waals surface area contributed by atoms with E-state index in [-0.39, 0.29) is 23.4 Å². The van der Waals surface area contributed by atoms with E-state index in [0.717, 1.165) is 29.7 Å². The van der Waals surface area contributed by atoms with Gasteiger partial charge in [-0.1, -0.05) is 6.92 Å². The van der Waals surface area contributed by atoms with E-state index in [1.54, 1.807) is 19.1 Å². The molecule has 0 aliphatic heterocycles. The first kappa shape index (κ1) is 19.9. The monoisotopic (exact) mass is 407 g/mol. The Morgan fingerprint density at radius 1 is 1.33 bits per heavy atom. The smallest absolute Gasteiger partial charge is 0.341 e. The highest BCUT2D eigenvalue weighted by Gasteiger charge is 2.29. The number of benzene rings is 1. The first-order chi connectivity index (χ1) is 13.0. The van der Waals surface area contributed by atoms with Gasteiger partial charge in [0.25, 0.3) is 0 Å². The number of halogens is 1. The molecule has 1 aliphatic rings. The zero-order chi connectivity index (χ0) is 19.4. The lowest BCUT2D eigenvalue weighted by atomic mass is 9.88. The molecule has 1 unspecified atom stereocenters. The minimum Gasteiger partial charge on any atom is -0.462 e. The van der Waals surface area contributed by atoms with Gasteiger partial charge in [0.05, 0.1) is 17.9 Å². The molecular weight excluding hydrogens is 385 g/mol. The number of nitrogens with one attached hydrogen (secondary N) is 1. The van der Waals surface area contributed by atoms with Gasteiger partial charge < -0.3 is 10.1 Å². The van der Waals surface area contributed by atoms with Crippen LogP contribution >= 0.6 is 23.1 Å². The maximum Gasteiger partial charge on any atom is 0.341 e. The molecule has 1 aromatic heterocycles. The van der Waals surface area contributed by atoms with Crippen molar-refractivity contribution in [1.82, 2.24) is 0 Å². The summed E-state index contributed by atoms with van der Waals surface area (Å²) >= 11 is 2.81. The second kappa shape index (κ2) is 8.89. The van der Waals surface area contributed by atoms with Crippen molar-refractivity contribution >= 4 is 40.0 Å². The lowest BCUT2D eigenvalue weighted by molar-refractivity contribution is -0.113. The van der Waals surface area contributed by atoms with Crippen LogP contribution in [-0.2, 0) is 22.4 Å². The van der Waals surface area contributed by atoms with E-state index >= 15 is 0 Å². The molecule has 2 aromatic rings. The van der Waals surface area contributed by atoms with Crippen LogP contribution in [0.25, 0.3) is 0 Å². The highest BCUT2D eigenvalue weighted by atomic mass is 32.2. The third-order valence-electron chi connectivity index (χ3n) is 4.43. The number of amides is 1. The van der Waals surface area contributed by atoms with E-state index in [4.69, 9.17) is 4.74 Å². The second-order valence-corrected chi connectivity index (χ2v) is 8.72. The molecule has 1 heterocycles. The predicted octanol–water partition coefficient (Wildman–Crippen LogP) is 4.92. The number of hydrogen-bond acceptors (Lipinski definition) is 5. The van der Waals surface area contributed by atoms with Gasteiger partial charge >= 0.3 is 5.97 Å². The SMILES string of the molecule is CCOC(=O)c1c(NC(=O)CSc2ccc(F)cc2)sc2c1CCC(C)C2. The number of carbonyl (C=O) groups excluding carboxylic acids is 2. The normalized spacial score (nSPS) is 15.9. The van der Waals surface area contributed by atoms with Crippen LogP contribution < -0.4 is 5.32 Å². The first-order valence-corrected chi connectivity index (χ1v) is 10.8. The third kappa shape index (κ3) is 4.90. The zero-order valence-corrected chi connectivity index (χ0v) is 17.0. The van der Waals surface area contributed by atoms with Crippen molar-refractivity contribution in [3.63, 3.8) is 0 Å². The van der Waals surface area contributed by atoms with Gasteiger partial charge in [-0.15, -0.1) is 23.1 Å². The molecule has 0 bridgehead atoms. The predicted molar refractivity (Wildman–Crippen MR) is 107 cm³/mol. The largest absolute Gasteiger partial charge is 0.462 e. The zero-order valence-electron chi connectivity index (χ0n) is 15.3. The molecule has 144 valence electrons. The second-order valence-electron chi connectivity index (χ2n) is 6.57. The summed E-state index contributed by atoms with van der Waals surface area (Å²) in [6.45, 7) is 4.27. The van der Waals surface area contributed by atoms with Gasteiger partial charge in [0.15, 0.2) is 0 Å². The van der Waals surface area contributed by atoms with Crippen LogP contribution in [0.15, 0.2) is 29.2 Å². The van der Waals surface area contributed by atoms with Crippen molar-refractivity contribution in [3.05, 3.63) is 46.1 Å². The maximum atomic E-state index is 13.0. The van der Waals surface area contributed by atoms with Gasteiger partial charge in [-0.2, -0.15) is 0 Å². The summed E-state index contributed by atoms with van der Waals surface area (Å²) in [5.41, 5.74) is 1.54. The van der Waals surface area contributed by atoms with E-state index in [1.807, 2.05) is 0 Å². The summed E-state index contributed by atoms with van der Waals surface area (Å²) in [6, 6.07) is 6.02. The average Bonchev–Trinajstić information content (AvgIpc) is 2.98. The Hall–Kier alpha value is -1.86. The van der Waals surface area contributed by atoms with Crippen LogP contribution in [0.2, 0.25) is 0 Å². The minimum atomic E-state index is -0.369. The van der Waals surface area contributed by atoms with Crippen LogP contribution in [0.3, 0.4) is 0 Å². The maximum absolute atomic E-state index is 13.0. The number of rotatable bonds is 6. The van der Waals surface area contributed by atoms with Gasteiger partial charge in [0, 0.05) is 9.77 Å². The van der Waals surface area contributed by atoms with Crippen LogP contribution in [0.1, 0.15) is 41.1 Å². The molecule has 0 fully saturated rings. The van der Waals surface area contributed by atoms with E-state index < -0.39 is 0 Å². The van der Waals surface area contributed by atoms with Gasteiger partial charge in [-0.3, -0.25) is 4.79 Å². The summed E-state index contributed by atoms with van der Waals surface area (Å²) < 4.78 is 18.2. The van der Waals surface area contributed by atoms with E-state index in [0.29, 0.717) is 23.1 Å². The summed E-state index contributed by atoms with van der Waals surface area (Å²) in [7, 11) is 0. The quantitative estimate of drug-likeness (QED) is 0.545. The number of fused-ring (bicyclic) bond motifs is 1. The van der Waals surface area contributed by atoms with Crippen LogP contribution in [0, 0.1) is 11.7 Å². The number of thiophene rings is 1. The molecule has 0 saturated heterocycles. The Labute approximate surface area is 166 Å². The standard InChI is InChI=1S/C20H22FNO3S2/c1-3-25-20(24)18-15-9-4-12(2)10-16(15)27-19(18)22-17(23)11-26-14-7-5-13(21)6-8-14/h5-8,12H,3-4,9-11H2,1-2H3,(H,22,23). The molecule has 1 atom stereocenters. The highest BCUT2D eigenvalue weighted by molar-refractivity contribution is 8.00. The van der Waals surface area contributed by atoms with Crippen LogP contribution in [-0.4, -0.2) is 24.2 Å². The van der Waals surface area contributed by atoms with Gasteiger partial charge in [0.2, 0.25) is 5.91 Å². The molecule has 1 amide bonds. The fraction of sp³-hybridized carbons (Fsp3) is 0.400. The molecular formula is C20H22FNO3S2. The van der Waals surface area contributed by atoms with Crippen molar-refractivity contribution in [3.8, 4) is 0 Å². The Kier molecular flexibility index (Phi) is 6.55. The lowest BCUT2D eigenvalue weighted by Crippen LogP contribution is -2.17. The van der Waals surface area contributed by atoms with Gasteiger partial charge in [-0.05, 0) is 61.9 Å². The molecule has 7 heteroatoms. The van der Waals surface area contributed by atoms with Crippen molar-refractivity contribution in [1.29, 1.82) is 0 Å². The van der Waals surface area contributed by atoms with Crippen LogP contribution in [0.5, 0.6) is 0 Å². The molecule has 4 nitrogen and oxygen atoms in total. The third-order valence-corrected chi connectivity index (χ3v) is 6.61. The Morgan fingerprint density at radius 2 is 2.07 bits per heavy atom. The molecule has 0 saturated carbocycles. The van der Waals surface area contributed by atoms with Crippen molar-refractivity contribution < 1.29 is 18.7 Å².